The monoisotopic (exact) mass is 418 g/mol. The predicted octanol–water partition coefficient (Wildman–Crippen LogP) is 2.15. The zero-order valence-electron chi connectivity index (χ0n) is 16.9. The van der Waals surface area contributed by atoms with Crippen LogP contribution in [0, 0.1) is 0 Å². The lowest BCUT2D eigenvalue weighted by Crippen LogP contribution is -2.43. The highest BCUT2D eigenvalue weighted by molar-refractivity contribution is 6.11. The number of urea groups is 1. The van der Waals surface area contributed by atoms with E-state index in [1.165, 1.54) is 0 Å². The fourth-order valence-corrected chi connectivity index (χ4v) is 4.72. The minimum absolute atomic E-state index is 0.0951. The summed E-state index contributed by atoms with van der Waals surface area (Å²) in [6.07, 6.45) is 2.59. The molecule has 1 spiro atoms. The van der Waals surface area contributed by atoms with Gasteiger partial charge in [0.15, 0.2) is 0 Å². The van der Waals surface area contributed by atoms with Crippen molar-refractivity contribution < 1.29 is 19.2 Å². The molecular formula is C23H22N4O4. The second-order valence-electron chi connectivity index (χ2n) is 8.13. The van der Waals surface area contributed by atoms with Crippen molar-refractivity contribution in [1.29, 1.82) is 0 Å². The van der Waals surface area contributed by atoms with Gasteiger partial charge in [0.05, 0.1) is 0 Å². The highest BCUT2D eigenvalue weighted by Gasteiger charge is 2.55. The van der Waals surface area contributed by atoms with Gasteiger partial charge in [0, 0.05) is 24.3 Å². The maximum absolute atomic E-state index is 13.1. The number of nitrogens with zero attached hydrogens (tertiary/aromatic N) is 2. The van der Waals surface area contributed by atoms with Gasteiger partial charge in [0.25, 0.3) is 5.91 Å². The number of hydrogen-bond donors (Lipinski definition) is 2. The summed E-state index contributed by atoms with van der Waals surface area (Å²) >= 11 is 0. The number of carbonyl (C=O) groups is 4. The Kier molecular flexibility index (Phi) is 4.50. The van der Waals surface area contributed by atoms with Crippen molar-refractivity contribution in [2.24, 2.45) is 0 Å². The number of rotatable bonds is 4. The number of imide groups is 1. The number of hydrogen-bond acceptors (Lipinski definition) is 4. The van der Waals surface area contributed by atoms with Crippen LogP contribution in [0.15, 0.2) is 48.5 Å². The predicted molar refractivity (Wildman–Crippen MR) is 113 cm³/mol. The molecule has 2 fully saturated rings. The first-order valence-electron chi connectivity index (χ1n) is 10.4. The van der Waals surface area contributed by atoms with E-state index in [4.69, 9.17) is 0 Å². The van der Waals surface area contributed by atoms with Crippen LogP contribution in [0.1, 0.15) is 30.4 Å². The van der Waals surface area contributed by atoms with Crippen molar-refractivity contribution >= 4 is 35.1 Å². The quantitative estimate of drug-likeness (QED) is 0.744. The molecule has 2 saturated heterocycles. The Morgan fingerprint density at radius 3 is 2.55 bits per heavy atom. The third-order valence-electron chi connectivity index (χ3n) is 6.26. The molecule has 1 atom stereocenters. The van der Waals surface area contributed by atoms with E-state index in [1.54, 1.807) is 29.2 Å². The van der Waals surface area contributed by atoms with Gasteiger partial charge in [0.2, 0.25) is 11.8 Å². The average molecular weight is 418 g/mol. The lowest BCUT2D eigenvalue weighted by atomic mass is 9.92. The maximum Gasteiger partial charge on any atom is 0.325 e. The smallest absolute Gasteiger partial charge is 0.325 e. The van der Waals surface area contributed by atoms with Crippen LogP contribution in [0.25, 0.3) is 0 Å². The third kappa shape index (κ3) is 3.15. The van der Waals surface area contributed by atoms with Crippen molar-refractivity contribution in [3.8, 4) is 0 Å². The molecule has 31 heavy (non-hydrogen) atoms. The molecule has 2 aromatic rings. The van der Waals surface area contributed by atoms with Crippen LogP contribution in [0.3, 0.4) is 0 Å². The van der Waals surface area contributed by atoms with E-state index >= 15 is 0 Å². The highest BCUT2D eigenvalue weighted by atomic mass is 16.2. The standard InChI is InChI=1S/C23H22N4O4/c28-19(24-16-7-9-17(10-8-16)26-13-3-6-20(26)29)14-27-21(30)23(25-22(27)31)12-11-15-4-1-2-5-18(15)23/h1-2,4-5,7-10H,3,6,11-14H2,(H,24,28)(H,25,31). The zero-order valence-corrected chi connectivity index (χ0v) is 16.9. The first kappa shape index (κ1) is 19.3. The van der Waals surface area contributed by atoms with E-state index in [0.29, 0.717) is 31.5 Å². The summed E-state index contributed by atoms with van der Waals surface area (Å²) in [7, 11) is 0. The van der Waals surface area contributed by atoms with E-state index in [9.17, 15) is 19.2 Å². The normalized spacial score (nSPS) is 22.3. The molecular weight excluding hydrogens is 396 g/mol. The molecule has 2 aliphatic heterocycles. The topological polar surface area (TPSA) is 98.8 Å². The Labute approximate surface area is 179 Å². The molecule has 0 aromatic heterocycles. The van der Waals surface area contributed by atoms with Gasteiger partial charge in [-0.1, -0.05) is 24.3 Å². The first-order chi connectivity index (χ1) is 15.0. The number of nitrogens with one attached hydrogen (secondary N) is 2. The summed E-state index contributed by atoms with van der Waals surface area (Å²) in [5.41, 5.74) is 2.10. The number of fused-ring (bicyclic) bond motifs is 2. The Hall–Kier alpha value is -3.68. The number of anilines is 2. The first-order valence-corrected chi connectivity index (χ1v) is 10.4. The summed E-state index contributed by atoms with van der Waals surface area (Å²) < 4.78 is 0. The molecule has 1 aliphatic carbocycles. The molecule has 0 saturated carbocycles. The van der Waals surface area contributed by atoms with E-state index in [0.717, 1.165) is 28.1 Å². The molecule has 0 radical (unpaired) electrons. The van der Waals surface area contributed by atoms with Crippen LogP contribution in [0.2, 0.25) is 0 Å². The summed E-state index contributed by atoms with van der Waals surface area (Å²) in [5.74, 6) is -0.755. The second-order valence-corrected chi connectivity index (χ2v) is 8.13. The maximum atomic E-state index is 13.1. The minimum atomic E-state index is -1.07. The number of aryl methyl sites for hydroxylation is 1. The zero-order chi connectivity index (χ0) is 21.6. The van der Waals surface area contributed by atoms with Crippen LogP contribution < -0.4 is 15.5 Å². The summed E-state index contributed by atoms with van der Waals surface area (Å²) in [4.78, 5) is 52.8. The Morgan fingerprint density at radius 2 is 1.81 bits per heavy atom. The minimum Gasteiger partial charge on any atom is -0.325 e. The average Bonchev–Trinajstić information content (AvgIpc) is 3.42. The van der Waals surface area contributed by atoms with Crippen molar-refractivity contribution in [2.75, 3.05) is 23.3 Å². The summed E-state index contributed by atoms with van der Waals surface area (Å²) in [6, 6.07) is 14.0. The summed E-state index contributed by atoms with van der Waals surface area (Å²) in [6.45, 7) is 0.336. The summed E-state index contributed by atoms with van der Waals surface area (Å²) in [5, 5.41) is 5.54. The highest BCUT2D eigenvalue weighted by Crippen LogP contribution is 2.41. The molecule has 5 amide bonds. The van der Waals surface area contributed by atoms with Crippen LogP contribution in [0.4, 0.5) is 16.2 Å². The third-order valence-corrected chi connectivity index (χ3v) is 6.26. The van der Waals surface area contributed by atoms with Gasteiger partial charge in [-0.2, -0.15) is 0 Å². The Bertz CT molecular complexity index is 1100. The van der Waals surface area contributed by atoms with Gasteiger partial charge in [-0.15, -0.1) is 0 Å². The molecule has 0 bridgehead atoms. The molecule has 2 aromatic carbocycles. The molecule has 3 aliphatic rings. The van der Waals surface area contributed by atoms with Crippen molar-refractivity contribution in [1.82, 2.24) is 10.2 Å². The molecule has 2 N–H and O–H groups in total. The van der Waals surface area contributed by atoms with Crippen molar-refractivity contribution in [3.05, 3.63) is 59.7 Å². The molecule has 8 nitrogen and oxygen atoms in total. The van der Waals surface area contributed by atoms with Gasteiger partial charge in [0.1, 0.15) is 12.1 Å². The van der Waals surface area contributed by atoms with Crippen LogP contribution in [0.5, 0.6) is 0 Å². The largest absolute Gasteiger partial charge is 0.325 e. The number of carbonyl (C=O) groups excluding carboxylic acids is 4. The Balaban J connectivity index is 1.26. The molecule has 8 heteroatoms. The molecule has 2 heterocycles. The second kappa shape index (κ2) is 7.23. The SMILES string of the molecule is O=C(CN1C(=O)NC2(CCc3ccccc32)C1=O)Nc1ccc(N2CCCC2=O)cc1. The van der Waals surface area contributed by atoms with Crippen molar-refractivity contribution in [2.45, 2.75) is 31.2 Å². The number of benzene rings is 2. The van der Waals surface area contributed by atoms with Gasteiger partial charge in [-0.05, 0) is 54.7 Å². The van der Waals surface area contributed by atoms with Gasteiger partial charge in [-0.3, -0.25) is 19.3 Å². The Morgan fingerprint density at radius 1 is 1.03 bits per heavy atom. The van der Waals surface area contributed by atoms with E-state index < -0.39 is 17.5 Å². The fourth-order valence-electron chi connectivity index (χ4n) is 4.72. The molecule has 1 unspecified atom stereocenters. The van der Waals surface area contributed by atoms with E-state index in [1.807, 2.05) is 24.3 Å². The lowest BCUT2D eigenvalue weighted by Gasteiger charge is -2.22. The van der Waals surface area contributed by atoms with Gasteiger partial charge in [-0.25, -0.2) is 4.79 Å². The fraction of sp³-hybridized carbons (Fsp3) is 0.304. The number of amides is 5. The van der Waals surface area contributed by atoms with E-state index in [-0.39, 0.29) is 18.4 Å². The van der Waals surface area contributed by atoms with Crippen LogP contribution in [-0.2, 0) is 26.3 Å². The van der Waals surface area contributed by atoms with Crippen LogP contribution in [-0.4, -0.2) is 41.7 Å². The molecule has 158 valence electrons. The lowest BCUT2D eigenvalue weighted by molar-refractivity contribution is -0.134. The molecule has 5 rings (SSSR count). The van der Waals surface area contributed by atoms with Crippen molar-refractivity contribution in [3.63, 3.8) is 0 Å². The van der Waals surface area contributed by atoms with Gasteiger partial charge >= 0.3 is 6.03 Å². The van der Waals surface area contributed by atoms with E-state index in [2.05, 4.69) is 10.6 Å². The van der Waals surface area contributed by atoms with Crippen LogP contribution >= 0.6 is 0 Å². The van der Waals surface area contributed by atoms with Gasteiger partial charge < -0.3 is 15.5 Å².